The Morgan fingerprint density at radius 1 is 1.38 bits per heavy atom. The molecule has 1 N–H and O–H groups in total. The number of nitrogens with zero attached hydrogens (tertiary/aromatic N) is 3. The van der Waals surface area contributed by atoms with Crippen molar-refractivity contribution < 1.29 is 14.0 Å². The topological polar surface area (TPSA) is 97.4 Å². The van der Waals surface area contributed by atoms with E-state index in [0.717, 1.165) is 12.8 Å². The Hall–Kier alpha value is -2.90. The highest BCUT2D eigenvalue weighted by Gasteiger charge is 2.26. The molecule has 1 aliphatic heterocycles. The van der Waals surface area contributed by atoms with E-state index >= 15 is 0 Å². The Labute approximate surface area is 150 Å². The van der Waals surface area contributed by atoms with Crippen LogP contribution >= 0.6 is 0 Å². The summed E-state index contributed by atoms with van der Waals surface area (Å²) in [6.07, 6.45) is 3.04. The van der Waals surface area contributed by atoms with Gasteiger partial charge in [-0.25, -0.2) is 4.79 Å². The summed E-state index contributed by atoms with van der Waals surface area (Å²) in [6.45, 7) is 4.48. The molecular formula is C18H22N4O4. The number of aromatic nitrogens is 2. The van der Waals surface area contributed by atoms with Crippen LogP contribution in [0.4, 0.5) is 0 Å². The molecule has 1 aliphatic rings. The minimum Gasteiger partial charge on any atom is -0.459 e. The molecule has 3 heterocycles. The molecule has 0 aromatic carbocycles. The van der Waals surface area contributed by atoms with Crippen molar-refractivity contribution in [2.45, 2.75) is 39.3 Å². The van der Waals surface area contributed by atoms with E-state index in [9.17, 15) is 14.4 Å². The first-order valence-corrected chi connectivity index (χ1v) is 8.61. The zero-order chi connectivity index (χ0) is 18.7. The summed E-state index contributed by atoms with van der Waals surface area (Å²) in [5.74, 6) is -0.146. The summed E-state index contributed by atoms with van der Waals surface area (Å²) in [5, 5.41) is 2.92. The molecule has 0 aliphatic carbocycles. The highest BCUT2D eigenvalue weighted by Crippen LogP contribution is 2.14. The van der Waals surface area contributed by atoms with Crippen LogP contribution in [-0.4, -0.2) is 45.4 Å². The zero-order valence-corrected chi connectivity index (χ0v) is 14.9. The summed E-state index contributed by atoms with van der Waals surface area (Å²) >= 11 is 0. The molecule has 2 aromatic rings. The second-order valence-electron chi connectivity index (χ2n) is 6.54. The van der Waals surface area contributed by atoms with Gasteiger partial charge in [0.2, 0.25) is 5.91 Å². The van der Waals surface area contributed by atoms with E-state index < -0.39 is 5.69 Å². The molecule has 0 bridgehead atoms. The van der Waals surface area contributed by atoms with Crippen LogP contribution in [0.1, 0.15) is 34.8 Å². The van der Waals surface area contributed by atoms with Gasteiger partial charge in [-0.15, -0.1) is 0 Å². The number of carbonyl (C=O) groups excluding carboxylic acids is 2. The molecule has 138 valence electrons. The summed E-state index contributed by atoms with van der Waals surface area (Å²) in [7, 11) is 0. The molecule has 2 amide bonds. The lowest BCUT2D eigenvalue weighted by Gasteiger charge is -2.32. The largest absolute Gasteiger partial charge is 0.459 e. The summed E-state index contributed by atoms with van der Waals surface area (Å²) in [4.78, 5) is 42.2. The van der Waals surface area contributed by atoms with Crippen LogP contribution in [0.15, 0.2) is 33.7 Å². The average Bonchev–Trinajstić information content (AvgIpc) is 3.12. The van der Waals surface area contributed by atoms with Gasteiger partial charge >= 0.3 is 5.69 Å². The van der Waals surface area contributed by atoms with Crippen LogP contribution in [0, 0.1) is 13.8 Å². The van der Waals surface area contributed by atoms with Crippen molar-refractivity contribution in [3.8, 4) is 0 Å². The van der Waals surface area contributed by atoms with Crippen molar-refractivity contribution in [1.29, 1.82) is 0 Å². The Bertz CT molecular complexity index is 857. The maximum atomic E-state index is 12.4. The van der Waals surface area contributed by atoms with Gasteiger partial charge in [-0.2, -0.15) is 4.98 Å². The standard InChI is InChI=1S/C18H22N4O4/c1-12-9-13(2)22(18(25)19-12)11-16(23)20-14-5-3-7-21(10-14)17(24)15-6-4-8-26-15/h4,6,8-9,14H,3,5,7,10-11H2,1-2H3,(H,20,23). The van der Waals surface area contributed by atoms with Crippen LogP contribution in [-0.2, 0) is 11.3 Å². The van der Waals surface area contributed by atoms with E-state index in [0.29, 0.717) is 30.2 Å². The second-order valence-corrected chi connectivity index (χ2v) is 6.54. The quantitative estimate of drug-likeness (QED) is 0.875. The van der Waals surface area contributed by atoms with Crippen LogP contribution in [0.25, 0.3) is 0 Å². The van der Waals surface area contributed by atoms with Gasteiger partial charge in [0.05, 0.1) is 6.26 Å². The Balaban J connectivity index is 1.61. The minimum absolute atomic E-state index is 0.0828. The number of aryl methyl sites for hydroxylation is 2. The number of rotatable bonds is 4. The number of hydrogen-bond acceptors (Lipinski definition) is 5. The summed E-state index contributed by atoms with van der Waals surface area (Å²) in [5.41, 5.74) is 0.885. The summed E-state index contributed by atoms with van der Waals surface area (Å²) < 4.78 is 6.50. The maximum Gasteiger partial charge on any atom is 0.348 e. The SMILES string of the molecule is Cc1cc(C)n(CC(=O)NC2CCCN(C(=O)c3ccco3)C2)c(=O)n1. The molecule has 1 fully saturated rings. The number of likely N-dealkylation sites (tertiary alicyclic amines) is 1. The third-order valence-corrected chi connectivity index (χ3v) is 4.45. The maximum absolute atomic E-state index is 12.4. The van der Waals surface area contributed by atoms with Crippen molar-refractivity contribution in [2.75, 3.05) is 13.1 Å². The number of amides is 2. The zero-order valence-electron chi connectivity index (χ0n) is 14.9. The molecule has 8 nitrogen and oxygen atoms in total. The Kier molecular flexibility index (Phi) is 5.20. The first-order valence-electron chi connectivity index (χ1n) is 8.61. The first kappa shape index (κ1) is 17.9. The van der Waals surface area contributed by atoms with E-state index in [2.05, 4.69) is 10.3 Å². The second kappa shape index (κ2) is 7.55. The first-order chi connectivity index (χ1) is 12.4. The molecule has 1 atom stereocenters. The average molecular weight is 358 g/mol. The van der Waals surface area contributed by atoms with Crippen molar-refractivity contribution in [3.63, 3.8) is 0 Å². The predicted octanol–water partition coefficient (Wildman–Crippen LogP) is 0.874. The molecule has 8 heteroatoms. The predicted molar refractivity (Wildman–Crippen MR) is 93.7 cm³/mol. The lowest BCUT2D eigenvalue weighted by molar-refractivity contribution is -0.122. The van der Waals surface area contributed by atoms with Crippen LogP contribution in [0.3, 0.4) is 0 Å². The smallest absolute Gasteiger partial charge is 0.348 e. The lowest BCUT2D eigenvalue weighted by Crippen LogP contribution is -2.50. The molecule has 3 rings (SSSR count). The van der Waals surface area contributed by atoms with Gasteiger partial charge in [0.25, 0.3) is 5.91 Å². The van der Waals surface area contributed by atoms with Crippen molar-refractivity contribution in [1.82, 2.24) is 19.8 Å². The van der Waals surface area contributed by atoms with E-state index in [1.54, 1.807) is 36.9 Å². The van der Waals surface area contributed by atoms with Crippen molar-refractivity contribution >= 4 is 11.8 Å². The molecule has 0 spiro atoms. The van der Waals surface area contributed by atoms with Gasteiger partial charge in [-0.1, -0.05) is 0 Å². The van der Waals surface area contributed by atoms with Crippen LogP contribution < -0.4 is 11.0 Å². The molecule has 0 saturated carbocycles. The Morgan fingerprint density at radius 2 is 2.19 bits per heavy atom. The van der Waals surface area contributed by atoms with E-state index in [-0.39, 0.29) is 24.4 Å². The monoisotopic (exact) mass is 358 g/mol. The van der Waals surface area contributed by atoms with Crippen molar-refractivity contribution in [2.24, 2.45) is 0 Å². The molecular weight excluding hydrogens is 336 g/mol. The van der Waals surface area contributed by atoms with Crippen LogP contribution in [0.5, 0.6) is 0 Å². The third kappa shape index (κ3) is 4.01. The molecule has 1 unspecified atom stereocenters. The van der Waals surface area contributed by atoms with Gasteiger partial charge in [0.15, 0.2) is 5.76 Å². The molecule has 1 saturated heterocycles. The fraction of sp³-hybridized carbons (Fsp3) is 0.444. The highest BCUT2D eigenvalue weighted by molar-refractivity contribution is 5.91. The lowest BCUT2D eigenvalue weighted by atomic mass is 10.1. The van der Waals surface area contributed by atoms with E-state index in [4.69, 9.17) is 4.42 Å². The van der Waals surface area contributed by atoms with Gasteiger partial charge in [0, 0.05) is 30.5 Å². The number of nitrogens with one attached hydrogen (secondary N) is 1. The van der Waals surface area contributed by atoms with E-state index in [1.807, 2.05) is 0 Å². The van der Waals surface area contributed by atoms with E-state index in [1.165, 1.54) is 10.8 Å². The number of furan rings is 1. The molecule has 0 radical (unpaired) electrons. The van der Waals surface area contributed by atoms with Gasteiger partial charge < -0.3 is 14.6 Å². The highest BCUT2D eigenvalue weighted by atomic mass is 16.3. The molecule has 2 aromatic heterocycles. The van der Waals surface area contributed by atoms with Gasteiger partial charge in [0.1, 0.15) is 6.54 Å². The fourth-order valence-electron chi connectivity index (χ4n) is 3.22. The number of piperidine rings is 1. The summed E-state index contributed by atoms with van der Waals surface area (Å²) in [6, 6.07) is 4.92. The third-order valence-electron chi connectivity index (χ3n) is 4.45. The number of carbonyl (C=O) groups is 2. The fourth-order valence-corrected chi connectivity index (χ4v) is 3.22. The minimum atomic E-state index is -0.434. The normalized spacial score (nSPS) is 17.2. The van der Waals surface area contributed by atoms with Crippen LogP contribution in [0.2, 0.25) is 0 Å². The Morgan fingerprint density at radius 3 is 2.88 bits per heavy atom. The van der Waals surface area contributed by atoms with Gasteiger partial charge in [-0.05, 0) is 44.9 Å². The molecule has 26 heavy (non-hydrogen) atoms. The van der Waals surface area contributed by atoms with Crippen molar-refractivity contribution in [3.05, 3.63) is 52.1 Å². The number of hydrogen-bond donors (Lipinski definition) is 1. The van der Waals surface area contributed by atoms with Gasteiger partial charge in [-0.3, -0.25) is 14.2 Å².